The third-order valence-electron chi connectivity index (χ3n) is 3.80. The van der Waals surface area contributed by atoms with Crippen LogP contribution in [0.4, 0.5) is 11.5 Å². The highest BCUT2D eigenvalue weighted by Crippen LogP contribution is 2.33. The molecule has 0 atom stereocenters. The molecule has 9 heteroatoms. The summed E-state index contributed by atoms with van der Waals surface area (Å²) < 4.78 is 27.7. The van der Waals surface area contributed by atoms with E-state index in [-0.39, 0.29) is 21.3 Å². The van der Waals surface area contributed by atoms with Gasteiger partial charge in [0.1, 0.15) is 0 Å². The summed E-state index contributed by atoms with van der Waals surface area (Å²) >= 11 is 5.94. The van der Waals surface area contributed by atoms with E-state index < -0.39 is 9.84 Å². The van der Waals surface area contributed by atoms with E-state index in [0.29, 0.717) is 22.1 Å². The van der Waals surface area contributed by atoms with Gasteiger partial charge in [0.2, 0.25) is 9.84 Å². The number of nitrogen functional groups attached to an aromatic ring is 1. The van der Waals surface area contributed by atoms with E-state index in [4.69, 9.17) is 17.3 Å². The molecular weight excluding hydrogens is 350 g/mol. The van der Waals surface area contributed by atoms with Crippen LogP contribution in [-0.2, 0) is 9.84 Å². The minimum absolute atomic E-state index is 0.00142. The second kappa shape index (κ2) is 5.64. The molecule has 0 fully saturated rings. The number of anilines is 2. The number of aromatic nitrogens is 3. The molecule has 0 spiro atoms. The summed E-state index contributed by atoms with van der Waals surface area (Å²) in [5.41, 5.74) is 7.85. The van der Waals surface area contributed by atoms with Gasteiger partial charge in [-0.3, -0.25) is 0 Å². The van der Waals surface area contributed by atoms with Crippen LogP contribution < -0.4 is 11.1 Å². The molecule has 0 aliphatic rings. The normalized spacial score (nSPS) is 11.8. The lowest BCUT2D eigenvalue weighted by molar-refractivity contribution is 0.597. The van der Waals surface area contributed by atoms with Crippen molar-refractivity contribution in [2.24, 2.45) is 0 Å². The standard InChI is InChI=1S/C15H16ClN5O2S/c1-8-12(17)9(2)21-15(19-8)13(14(18-3)20-21)24(22,23)11-6-4-5-10(16)7-11/h4-7H,17H2,1-3H3,(H,18,20). The van der Waals surface area contributed by atoms with Gasteiger partial charge in [-0.2, -0.15) is 0 Å². The quantitative estimate of drug-likeness (QED) is 0.739. The fourth-order valence-electron chi connectivity index (χ4n) is 2.48. The number of nitrogens with two attached hydrogens (primary N) is 1. The summed E-state index contributed by atoms with van der Waals surface area (Å²) in [7, 11) is -2.27. The molecule has 126 valence electrons. The fourth-order valence-corrected chi connectivity index (χ4v) is 4.29. The lowest BCUT2D eigenvalue weighted by atomic mass is 10.3. The first kappa shape index (κ1) is 16.5. The Morgan fingerprint density at radius 2 is 2.00 bits per heavy atom. The molecule has 1 aromatic carbocycles. The van der Waals surface area contributed by atoms with Gasteiger partial charge in [0.15, 0.2) is 16.4 Å². The molecule has 0 amide bonds. The molecule has 0 aliphatic carbocycles. The monoisotopic (exact) mass is 365 g/mol. The van der Waals surface area contributed by atoms with Crippen molar-refractivity contribution in [2.45, 2.75) is 23.6 Å². The minimum Gasteiger partial charge on any atom is -0.396 e. The van der Waals surface area contributed by atoms with E-state index in [0.717, 1.165) is 0 Å². The van der Waals surface area contributed by atoms with Crippen molar-refractivity contribution in [1.29, 1.82) is 0 Å². The smallest absolute Gasteiger partial charge is 0.214 e. The molecule has 0 aliphatic heterocycles. The van der Waals surface area contributed by atoms with Gasteiger partial charge in [0.05, 0.1) is 22.0 Å². The first-order valence-electron chi connectivity index (χ1n) is 7.11. The van der Waals surface area contributed by atoms with Crippen LogP contribution in [-0.4, -0.2) is 30.1 Å². The summed E-state index contributed by atoms with van der Waals surface area (Å²) in [5.74, 6) is 0.204. The lowest BCUT2D eigenvalue weighted by Crippen LogP contribution is -2.07. The Morgan fingerprint density at radius 3 is 2.62 bits per heavy atom. The van der Waals surface area contributed by atoms with Gasteiger partial charge in [0, 0.05) is 12.1 Å². The maximum atomic E-state index is 13.1. The summed E-state index contributed by atoms with van der Waals surface area (Å²) in [6.07, 6.45) is 0. The van der Waals surface area contributed by atoms with Gasteiger partial charge < -0.3 is 11.1 Å². The van der Waals surface area contributed by atoms with Gasteiger partial charge in [-0.15, -0.1) is 5.10 Å². The van der Waals surface area contributed by atoms with Crippen molar-refractivity contribution >= 4 is 38.6 Å². The predicted molar refractivity (Wildman–Crippen MR) is 93.3 cm³/mol. The Morgan fingerprint density at radius 1 is 1.29 bits per heavy atom. The van der Waals surface area contributed by atoms with Gasteiger partial charge in [-0.25, -0.2) is 17.9 Å². The van der Waals surface area contributed by atoms with Crippen molar-refractivity contribution in [3.05, 3.63) is 40.7 Å². The van der Waals surface area contributed by atoms with Gasteiger partial charge >= 0.3 is 0 Å². The maximum absolute atomic E-state index is 13.1. The highest BCUT2D eigenvalue weighted by atomic mass is 35.5. The average Bonchev–Trinajstić information content (AvgIpc) is 2.92. The van der Waals surface area contributed by atoms with Crippen molar-refractivity contribution in [3.8, 4) is 0 Å². The van der Waals surface area contributed by atoms with Gasteiger partial charge in [-0.05, 0) is 32.0 Å². The molecule has 2 heterocycles. The molecule has 3 aromatic rings. The first-order valence-corrected chi connectivity index (χ1v) is 8.97. The molecule has 2 aromatic heterocycles. The number of benzene rings is 1. The molecular formula is C15H16ClN5O2S. The molecule has 0 saturated heterocycles. The number of nitrogens with zero attached hydrogens (tertiary/aromatic N) is 3. The summed E-state index contributed by atoms with van der Waals surface area (Å²) in [6.45, 7) is 3.49. The van der Waals surface area contributed by atoms with Crippen LogP contribution >= 0.6 is 11.6 Å². The van der Waals surface area contributed by atoms with Crippen molar-refractivity contribution in [1.82, 2.24) is 14.6 Å². The van der Waals surface area contributed by atoms with Crippen LogP contribution in [0.15, 0.2) is 34.1 Å². The van der Waals surface area contributed by atoms with E-state index in [1.165, 1.54) is 16.6 Å². The van der Waals surface area contributed by atoms with Crippen LogP contribution in [0.5, 0.6) is 0 Å². The number of hydrogen-bond acceptors (Lipinski definition) is 6. The number of rotatable bonds is 3. The molecule has 3 N–H and O–H groups in total. The highest BCUT2D eigenvalue weighted by molar-refractivity contribution is 7.91. The number of sulfone groups is 1. The summed E-state index contributed by atoms with van der Waals surface area (Å²) in [5, 5.41) is 7.45. The fraction of sp³-hybridized carbons (Fsp3) is 0.200. The largest absolute Gasteiger partial charge is 0.396 e. The number of nitrogens with one attached hydrogen (secondary N) is 1. The number of fused-ring (bicyclic) bond motifs is 1. The summed E-state index contributed by atoms with van der Waals surface area (Å²) in [6, 6.07) is 6.09. The third kappa shape index (κ3) is 2.38. The van der Waals surface area contributed by atoms with Crippen LogP contribution in [0.1, 0.15) is 11.4 Å². The van der Waals surface area contributed by atoms with Crippen LogP contribution in [0.25, 0.3) is 5.65 Å². The Hall–Kier alpha value is -2.32. The number of halogens is 1. The Balaban J connectivity index is 2.41. The van der Waals surface area contributed by atoms with E-state index in [9.17, 15) is 8.42 Å². The molecule has 24 heavy (non-hydrogen) atoms. The molecule has 3 rings (SSSR count). The van der Waals surface area contributed by atoms with E-state index in [1.54, 1.807) is 33.0 Å². The minimum atomic E-state index is -3.87. The SMILES string of the molecule is CNc1nn2c(C)c(N)c(C)nc2c1S(=O)(=O)c1cccc(Cl)c1. The van der Waals surface area contributed by atoms with Crippen LogP contribution in [0.3, 0.4) is 0 Å². The molecule has 0 saturated carbocycles. The third-order valence-corrected chi connectivity index (χ3v) is 5.82. The number of aryl methyl sites for hydroxylation is 2. The molecule has 7 nitrogen and oxygen atoms in total. The predicted octanol–water partition coefficient (Wildman–Crippen LogP) is 2.46. The molecule has 0 unspecified atom stereocenters. The van der Waals surface area contributed by atoms with Gasteiger partial charge in [-0.1, -0.05) is 17.7 Å². The average molecular weight is 366 g/mol. The van der Waals surface area contributed by atoms with E-state index in [1.807, 2.05) is 0 Å². The molecule has 0 bridgehead atoms. The van der Waals surface area contributed by atoms with Crippen molar-refractivity contribution in [2.75, 3.05) is 18.1 Å². The zero-order valence-corrected chi connectivity index (χ0v) is 14.9. The van der Waals surface area contributed by atoms with E-state index >= 15 is 0 Å². The van der Waals surface area contributed by atoms with Crippen LogP contribution in [0, 0.1) is 13.8 Å². The van der Waals surface area contributed by atoms with Crippen molar-refractivity contribution < 1.29 is 8.42 Å². The second-order valence-corrected chi connectivity index (χ2v) is 7.64. The lowest BCUT2D eigenvalue weighted by Gasteiger charge is -2.08. The van der Waals surface area contributed by atoms with Gasteiger partial charge in [0.25, 0.3) is 0 Å². The highest BCUT2D eigenvalue weighted by Gasteiger charge is 2.29. The second-order valence-electron chi connectivity index (χ2n) is 5.32. The zero-order chi connectivity index (χ0) is 17.6. The Bertz CT molecular complexity index is 1060. The topological polar surface area (TPSA) is 102 Å². The van der Waals surface area contributed by atoms with Crippen LogP contribution in [0.2, 0.25) is 5.02 Å². The Labute approximate surface area is 144 Å². The summed E-state index contributed by atoms with van der Waals surface area (Å²) in [4.78, 5) is 4.42. The molecule has 0 radical (unpaired) electrons. The van der Waals surface area contributed by atoms with E-state index in [2.05, 4.69) is 15.4 Å². The zero-order valence-electron chi connectivity index (χ0n) is 13.3. The number of hydrogen-bond donors (Lipinski definition) is 2. The Kier molecular flexibility index (Phi) is 3.89. The first-order chi connectivity index (χ1) is 11.3. The maximum Gasteiger partial charge on any atom is 0.214 e. The van der Waals surface area contributed by atoms with Crippen molar-refractivity contribution in [3.63, 3.8) is 0 Å².